The number of hydrogen-bond donors (Lipinski definition) is 1. The van der Waals surface area contributed by atoms with Crippen molar-refractivity contribution in [2.24, 2.45) is 0 Å². The molecule has 0 bridgehead atoms. The molecule has 1 aliphatic rings. The lowest BCUT2D eigenvalue weighted by atomic mass is 10.0. The maximum absolute atomic E-state index is 13.2. The molecule has 5 heteroatoms. The Morgan fingerprint density at radius 1 is 1.23 bits per heavy atom. The van der Waals surface area contributed by atoms with Gasteiger partial charge in [0.2, 0.25) is 0 Å². The first-order chi connectivity index (χ1) is 10.6. The molecule has 0 spiro atoms. The van der Waals surface area contributed by atoms with Crippen LogP contribution in [0.1, 0.15) is 15.9 Å². The Hall–Kier alpha value is -2.95. The second-order valence-corrected chi connectivity index (χ2v) is 4.77. The molecule has 2 aromatic rings. The lowest BCUT2D eigenvalue weighted by molar-refractivity contribution is -0.110. The van der Waals surface area contributed by atoms with Gasteiger partial charge in [0.25, 0.3) is 5.91 Å². The van der Waals surface area contributed by atoms with Gasteiger partial charge in [0, 0.05) is 17.3 Å². The fourth-order valence-electron chi connectivity index (χ4n) is 2.36. The van der Waals surface area contributed by atoms with E-state index in [0.29, 0.717) is 11.3 Å². The molecule has 1 heterocycles. The Bertz CT molecular complexity index is 811. The van der Waals surface area contributed by atoms with Crippen molar-refractivity contribution in [2.45, 2.75) is 0 Å². The number of ketones is 1. The summed E-state index contributed by atoms with van der Waals surface area (Å²) >= 11 is 0. The van der Waals surface area contributed by atoms with Gasteiger partial charge in [-0.3, -0.25) is 9.59 Å². The third kappa shape index (κ3) is 2.37. The van der Waals surface area contributed by atoms with Gasteiger partial charge in [-0.05, 0) is 24.3 Å². The van der Waals surface area contributed by atoms with Gasteiger partial charge in [0.15, 0.2) is 5.78 Å². The first-order valence-corrected chi connectivity index (χ1v) is 6.60. The number of benzene rings is 2. The minimum atomic E-state index is -0.495. The van der Waals surface area contributed by atoms with Crippen LogP contribution in [0.4, 0.5) is 10.1 Å². The van der Waals surface area contributed by atoms with Gasteiger partial charge in [0.1, 0.15) is 11.6 Å². The number of fused-ring (bicyclic) bond motifs is 1. The molecule has 0 saturated carbocycles. The number of allylic oxidation sites excluding steroid dienone is 1. The minimum absolute atomic E-state index is 0.133. The van der Waals surface area contributed by atoms with Crippen molar-refractivity contribution in [2.75, 3.05) is 12.4 Å². The normalized spacial score (nSPS) is 14.6. The smallest absolute Gasteiger partial charge is 0.256 e. The second-order valence-electron chi connectivity index (χ2n) is 4.77. The van der Waals surface area contributed by atoms with E-state index in [4.69, 9.17) is 4.74 Å². The number of nitrogens with one attached hydrogen (secondary N) is 1. The van der Waals surface area contributed by atoms with Gasteiger partial charge in [0.05, 0.1) is 18.2 Å². The third-order valence-electron chi connectivity index (χ3n) is 3.41. The summed E-state index contributed by atoms with van der Waals surface area (Å²) in [6.07, 6.45) is 1.25. The van der Waals surface area contributed by atoms with Crippen LogP contribution >= 0.6 is 0 Å². The fourth-order valence-corrected chi connectivity index (χ4v) is 2.36. The maximum Gasteiger partial charge on any atom is 0.256 e. The summed E-state index contributed by atoms with van der Waals surface area (Å²) in [6.45, 7) is 0. The Kier molecular flexibility index (Phi) is 3.47. The highest BCUT2D eigenvalue weighted by molar-refractivity contribution is 6.35. The lowest BCUT2D eigenvalue weighted by Crippen LogP contribution is -2.06. The van der Waals surface area contributed by atoms with E-state index in [2.05, 4.69) is 5.32 Å². The van der Waals surface area contributed by atoms with Crippen molar-refractivity contribution in [1.29, 1.82) is 0 Å². The number of carbonyl (C=O) groups excluding carboxylic acids is 2. The van der Waals surface area contributed by atoms with E-state index < -0.39 is 11.6 Å². The number of amides is 1. The van der Waals surface area contributed by atoms with Crippen LogP contribution in [0.5, 0.6) is 5.75 Å². The van der Waals surface area contributed by atoms with E-state index in [1.54, 1.807) is 24.3 Å². The number of ether oxygens (including phenoxy) is 1. The molecule has 1 aliphatic heterocycles. The lowest BCUT2D eigenvalue weighted by Gasteiger charge is -2.06. The number of anilines is 1. The van der Waals surface area contributed by atoms with Crippen LogP contribution in [0.25, 0.3) is 5.57 Å². The summed E-state index contributed by atoms with van der Waals surface area (Å²) in [6, 6.07) is 10.8. The molecule has 0 aliphatic carbocycles. The SMILES string of the molecule is COc1cc(F)ccc1C(=O)C=C1C(=O)Nc2ccccc21. The van der Waals surface area contributed by atoms with Crippen molar-refractivity contribution in [3.8, 4) is 5.75 Å². The molecule has 110 valence electrons. The molecule has 0 fully saturated rings. The highest BCUT2D eigenvalue weighted by Gasteiger charge is 2.25. The van der Waals surface area contributed by atoms with E-state index >= 15 is 0 Å². The summed E-state index contributed by atoms with van der Waals surface area (Å²) in [4.78, 5) is 24.4. The number of methoxy groups -OCH3 is 1. The first-order valence-electron chi connectivity index (χ1n) is 6.60. The zero-order valence-corrected chi connectivity index (χ0v) is 11.7. The number of hydrogen-bond acceptors (Lipinski definition) is 3. The molecular weight excluding hydrogens is 285 g/mol. The van der Waals surface area contributed by atoms with Crippen molar-refractivity contribution in [1.82, 2.24) is 0 Å². The third-order valence-corrected chi connectivity index (χ3v) is 3.41. The van der Waals surface area contributed by atoms with Crippen LogP contribution in [0, 0.1) is 5.82 Å². The van der Waals surface area contributed by atoms with Crippen molar-refractivity contribution in [3.63, 3.8) is 0 Å². The number of carbonyl (C=O) groups is 2. The summed E-state index contributed by atoms with van der Waals surface area (Å²) in [5, 5.41) is 2.69. The number of halogens is 1. The molecule has 0 radical (unpaired) electrons. The van der Waals surface area contributed by atoms with Gasteiger partial charge in [-0.2, -0.15) is 0 Å². The predicted molar refractivity (Wildman–Crippen MR) is 80.3 cm³/mol. The van der Waals surface area contributed by atoms with Gasteiger partial charge in [-0.1, -0.05) is 18.2 Å². The van der Waals surface area contributed by atoms with Crippen molar-refractivity contribution in [3.05, 3.63) is 65.5 Å². The molecule has 0 aromatic heterocycles. The summed E-state index contributed by atoms with van der Waals surface area (Å²) in [7, 11) is 1.36. The van der Waals surface area contributed by atoms with E-state index in [1.807, 2.05) is 0 Å². The van der Waals surface area contributed by atoms with Crippen LogP contribution in [-0.2, 0) is 4.79 Å². The quantitative estimate of drug-likeness (QED) is 0.700. The van der Waals surface area contributed by atoms with E-state index in [-0.39, 0.29) is 22.8 Å². The average Bonchev–Trinajstić information content (AvgIpc) is 2.83. The van der Waals surface area contributed by atoms with E-state index in [1.165, 1.54) is 25.3 Å². The van der Waals surface area contributed by atoms with Gasteiger partial charge in [-0.25, -0.2) is 4.39 Å². The summed E-state index contributed by atoms with van der Waals surface area (Å²) < 4.78 is 18.2. The van der Waals surface area contributed by atoms with Crippen LogP contribution in [0.3, 0.4) is 0 Å². The van der Waals surface area contributed by atoms with Crippen LogP contribution < -0.4 is 10.1 Å². The molecule has 1 N–H and O–H groups in total. The highest BCUT2D eigenvalue weighted by Crippen LogP contribution is 2.32. The molecule has 1 amide bonds. The Labute approximate surface area is 126 Å². The molecule has 0 unspecified atom stereocenters. The Balaban J connectivity index is 2.02. The van der Waals surface area contributed by atoms with Crippen LogP contribution in [0.2, 0.25) is 0 Å². The Morgan fingerprint density at radius 2 is 2.00 bits per heavy atom. The fraction of sp³-hybridized carbons (Fsp3) is 0.0588. The molecular formula is C17H12FNO3. The van der Waals surface area contributed by atoms with Crippen molar-refractivity contribution >= 4 is 23.0 Å². The topological polar surface area (TPSA) is 55.4 Å². The summed E-state index contributed by atoms with van der Waals surface area (Å²) in [5.41, 5.74) is 1.82. The van der Waals surface area contributed by atoms with Gasteiger partial charge < -0.3 is 10.1 Å². The summed E-state index contributed by atoms with van der Waals surface area (Å²) in [5.74, 6) is -1.12. The molecule has 0 atom stereocenters. The van der Waals surface area contributed by atoms with Gasteiger partial charge in [-0.15, -0.1) is 0 Å². The van der Waals surface area contributed by atoms with Crippen LogP contribution in [0.15, 0.2) is 48.5 Å². The molecule has 22 heavy (non-hydrogen) atoms. The van der Waals surface area contributed by atoms with E-state index in [9.17, 15) is 14.0 Å². The zero-order chi connectivity index (χ0) is 15.7. The number of para-hydroxylation sites is 1. The standard InChI is InChI=1S/C17H12FNO3/c1-22-16-8-10(18)6-7-12(16)15(20)9-13-11-4-2-3-5-14(11)19-17(13)21/h2-9H,1H3,(H,19,21). The monoisotopic (exact) mass is 297 g/mol. The van der Waals surface area contributed by atoms with E-state index in [0.717, 1.165) is 6.07 Å². The molecule has 4 nitrogen and oxygen atoms in total. The zero-order valence-electron chi connectivity index (χ0n) is 11.7. The molecule has 3 rings (SSSR count). The Morgan fingerprint density at radius 3 is 2.77 bits per heavy atom. The van der Waals surface area contributed by atoms with Crippen molar-refractivity contribution < 1.29 is 18.7 Å². The maximum atomic E-state index is 13.2. The first kappa shape index (κ1) is 14.0. The second kappa shape index (κ2) is 5.44. The molecule has 2 aromatic carbocycles. The van der Waals surface area contributed by atoms with Gasteiger partial charge >= 0.3 is 0 Å². The molecule has 0 saturated heterocycles. The number of rotatable bonds is 3. The van der Waals surface area contributed by atoms with Crippen LogP contribution in [-0.4, -0.2) is 18.8 Å². The highest BCUT2D eigenvalue weighted by atomic mass is 19.1. The average molecular weight is 297 g/mol. The largest absolute Gasteiger partial charge is 0.496 e. The predicted octanol–water partition coefficient (Wildman–Crippen LogP) is 3.05. The minimum Gasteiger partial charge on any atom is -0.496 e.